The van der Waals surface area contributed by atoms with E-state index in [4.69, 9.17) is 0 Å². The number of nitrogens with one attached hydrogen (secondary N) is 2. The Morgan fingerprint density at radius 3 is 2.78 bits per heavy atom. The van der Waals surface area contributed by atoms with Crippen LogP contribution < -0.4 is 10.6 Å². The lowest BCUT2D eigenvalue weighted by Gasteiger charge is -2.13. The lowest BCUT2D eigenvalue weighted by molar-refractivity contribution is 0.602. The van der Waals surface area contributed by atoms with Crippen LogP contribution in [0.25, 0.3) is 0 Å². The topological polar surface area (TPSA) is 84.0 Å². The minimum atomic E-state index is -2.95. The Bertz CT molecular complexity index is 826. The van der Waals surface area contributed by atoms with E-state index in [0.29, 0.717) is 23.9 Å². The summed E-state index contributed by atoms with van der Waals surface area (Å²) in [5, 5.41) is 6.08. The van der Waals surface area contributed by atoms with Crippen LogP contribution >= 0.6 is 0 Å². The Morgan fingerprint density at radius 1 is 1.26 bits per heavy atom. The zero-order chi connectivity index (χ0) is 16.4. The Balaban J connectivity index is 1.76. The van der Waals surface area contributed by atoms with Gasteiger partial charge in [0.05, 0.1) is 11.5 Å². The quantitative estimate of drug-likeness (QED) is 0.891. The Hall–Kier alpha value is -2.22. The van der Waals surface area contributed by atoms with Crippen molar-refractivity contribution >= 4 is 27.3 Å². The number of aromatic nitrogens is 2. The molecule has 0 amide bonds. The number of sulfone groups is 1. The summed E-state index contributed by atoms with van der Waals surface area (Å²) >= 11 is 0. The Labute approximate surface area is 134 Å². The van der Waals surface area contributed by atoms with Crippen molar-refractivity contribution in [1.82, 2.24) is 9.97 Å². The third kappa shape index (κ3) is 4.16. The minimum absolute atomic E-state index is 0.114. The van der Waals surface area contributed by atoms with Gasteiger partial charge in [0.25, 0.3) is 0 Å². The molecule has 1 aromatic heterocycles. The highest BCUT2D eigenvalue weighted by Crippen LogP contribution is 2.20. The molecule has 1 atom stereocenters. The van der Waals surface area contributed by atoms with Crippen LogP contribution in [0, 0.1) is 12.7 Å². The zero-order valence-electron chi connectivity index (χ0n) is 12.6. The zero-order valence-corrected chi connectivity index (χ0v) is 13.4. The Kier molecular flexibility index (Phi) is 4.16. The molecule has 0 saturated carbocycles. The molecule has 0 spiro atoms. The molecule has 0 radical (unpaired) electrons. The lowest BCUT2D eigenvalue weighted by atomic mass is 10.2. The molecule has 1 unspecified atom stereocenters. The van der Waals surface area contributed by atoms with Gasteiger partial charge in [0.2, 0.25) is 5.95 Å². The van der Waals surface area contributed by atoms with Gasteiger partial charge in [0.1, 0.15) is 11.6 Å². The number of anilines is 3. The van der Waals surface area contributed by atoms with Gasteiger partial charge in [-0.1, -0.05) is 6.07 Å². The Morgan fingerprint density at radius 2 is 2.09 bits per heavy atom. The SMILES string of the molecule is Cc1cc(NC2CCS(=O)(=O)C2)nc(Nc2cccc(F)c2)n1. The fourth-order valence-corrected chi connectivity index (χ4v) is 4.19. The van der Waals surface area contributed by atoms with E-state index in [9.17, 15) is 12.8 Å². The van der Waals surface area contributed by atoms with Crippen LogP contribution in [0.3, 0.4) is 0 Å². The van der Waals surface area contributed by atoms with Gasteiger partial charge >= 0.3 is 0 Å². The second-order valence-corrected chi connectivity index (χ2v) is 7.83. The summed E-state index contributed by atoms with van der Waals surface area (Å²) < 4.78 is 36.3. The maximum Gasteiger partial charge on any atom is 0.229 e. The normalized spacial score (nSPS) is 19.5. The van der Waals surface area contributed by atoms with Crippen molar-refractivity contribution < 1.29 is 12.8 Å². The molecule has 1 aliphatic rings. The summed E-state index contributed by atoms with van der Waals surface area (Å²) in [5.41, 5.74) is 1.27. The molecule has 2 N–H and O–H groups in total. The summed E-state index contributed by atoms with van der Waals surface area (Å²) in [6.07, 6.45) is 0.568. The number of nitrogens with zero attached hydrogens (tertiary/aromatic N) is 2. The summed E-state index contributed by atoms with van der Waals surface area (Å²) in [5.74, 6) is 0.848. The highest BCUT2D eigenvalue weighted by atomic mass is 32.2. The summed E-state index contributed by atoms with van der Waals surface area (Å²) in [7, 11) is -2.95. The first-order valence-electron chi connectivity index (χ1n) is 7.25. The van der Waals surface area contributed by atoms with Crippen LogP contribution in [0.15, 0.2) is 30.3 Å². The third-order valence-corrected chi connectivity index (χ3v) is 5.29. The highest BCUT2D eigenvalue weighted by molar-refractivity contribution is 7.91. The van der Waals surface area contributed by atoms with Crippen molar-refractivity contribution in [1.29, 1.82) is 0 Å². The second kappa shape index (κ2) is 6.11. The van der Waals surface area contributed by atoms with Crippen LogP contribution in [-0.2, 0) is 9.84 Å². The molecule has 1 aliphatic heterocycles. The average molecular weight is 336 g/mol. The van der Waals surface area contributed by atoms with Gasteiger partial charge in [0, 0.05) is 23.5 Å². The third-order valence-electron chi connectivity index (χ3n) is 3.52. The molecule has 6 nitrogen and oxygen atoms in total. The van der Waals surface area contributed by atoms with Crippen molar-refractivity contribution in [3.05, 3.63) is 41.8 Å². The van der Waals surface area contributed by atoms with Crippen LogP contribution in [0.5, 0.6) is 0 Å². The van der Waals surface area contributed by atoms with Crippen LogP contribution in [-0.4, -0.2) is 35.9 Å². The van der Waals surface area contributed by atoms with Crippen molar-refractivity contribution in [2.75, 3.05) is 22.1 Å². The predicted octanol–water partition coefficient (Wildman–Crippen LogP) is 2.27. The van der Waals surface area contributed by atoms with Gasteiger partial charge in [-0.25, -0.2) is 17.8 Å². The molecule has 2 aromatic rings. The highest BCUT2D eigenvalue weighted by Gasteiger charge is 2.28. The first-order valence-corrected chi connectivity index (χ1v) is 9.07. The molecule has 0 aliphatic carbocycles. The largest absolute Gasteiger partial charge is 0.366 e. The van der Waals surface area contributed by atoms with E-state index in [-0.39, 0.29) is 23.4 Å². The number of hydrogen-bond acceptors (Lipinski definition) is 6. The smallest absolute Gasteiger partial charge is 0.229 e. The lowest BCUT2D eigenvalue weighted by Crippen LogP contribution is -2.21. The van der Waals surface area contributed by atoms with Crippen LogP contribution in [0.2, 0.25) is 0 Å². The van der Waals surface area contributed by atoms with Crippen molar-refractivity contribution in [2.24, 2.45) is 0 Å². The fraction of sp³-hybridized carbons (Fsp3) is 0.333. The predicted molar refractivity (Wildman–Crippen MR) is 87.1 cm³/mol. The maximum absolute atomic E-state index is 13.2. The average Bonchev–Trinajstić information content (AvgIpc) is 2.77. The molecule has 1 saturated heterocycles. The van der Waals surface area contributed by atoms with E-state index in [1.54, 1.807) is 18.2 Å². The summed E-state index contributed by atoms with van der Waals surface area (Å²) in [6.45, 7) is 1.81. The van der Waals surface area contributed by atoms with E-state index in [0.717, 1.165) is 5.69 Å². The van der Waals surface area contributed by atoms with E-state index < -0.39 is 9.84 Å². The summed E-state index contributed by atoms with van der Waals surface area (Å²) in [6, 6.07) is 7.62. The molecule has 122 valence electrons. The second-order valence-electron chi connectivity index (χ2n) is 5.60. The van der Waals surface area contributed by atoms with Crippen molar-refractivity contribution in [3.8, 4) is 0 Å². The van der Waals surface area contributed by atoms with Crippen molar-refractivity contribution in [2.45, 2.75) is 19.4 Å². The van der Waals surface area contributed by atoms with Crippen LogP contribution in [0.1, 0.15) is 12.1 Å². The van der Waals surface area contributed by atoms with Crippen LogP contribution in [0.4, 0.5) is 21.8 Å². The standard InChI is InChI=1S/C15H17FN4O2S/c1-10-7-14(18-13-5-6-23(21,22)9-13)20-15(17-10)19-12-4-2-3-11(16)8-12/h2-4,7-8,13H,5-6,9H2,1H3,(H2,17,18,19,20). The first-order chi connectivity index (χ1) is 10.9. The van der Waals surface area contributed by atoms with E-state index >= 15 is 0 Å². The van der Waals surface area contributed by atoms with Gasteiger partial charge in [-0.3, -0.25) is 0 Å². The monoisotopic (exact) mass is 336 g/mol. The number of aryl methyl sites for hydroxylation is 1. The maximum atomic E-state index is 13.2. The van der Waals surface area contributed by atoms with Crippen molar-refractivity contribution in [3.63, 3.8) is 0 Å². The van der Waals surface area contributed by atoms with Gasteiger partial charge in [0.15, 0.2) is 9.84 Å². The van der Waals surface area contributed by atoms with Gasteiger partial charge in [-0.05, 0) is 31.5 Å². The number of halogens is 1. The van der Waals surface area contributed by atoms with E-state index in [1.165, 1.54) is 12.1 Å². The fourth-order valence-electron chi connectivity index (χ4n) is 2.51. The molecule has 1 aromatic carbocycles. The number of benzene rings is 1. The molecule has 8 heteroatoms. The van der Waals surface area contributed by atoms with Gasteiger partial charge < -0.3 is 10.6 Å². The molecule has 23 heavy (non-hydrogen) atoms. The molecular weight excluding hydrogens is 319 g/mol. The van der Waals surface area contributed by atoms with E-state index in [1.807, 2.05) is 6.92 Å². The van der Waals surface area contributed by atoms with Gasteiger partial charge in [-0.15, -0.1) is 0 Å². The number of rotatable bonds is 4. The first kappa shape index (κ1) is 15.7. The molecule has 1 fully saturated rings. The van der Waals surface area contributed by atoms with Gasteiger partial charge in [-0.2, -0.15) is 4.98 Å². The summed E-state index contributed by atoms with van der Waals surface area (Å²) in [4.78, 5) is 8.58. The minimum Gasteiger partial charge on any atom is -0.366 e. The molecule has 2 heterocycles. The molecule has 0 bridgehead atoms. The molecule has 3 rings (SSSR count). The number of hydrogen-bond donors (Lipinski definition) is 2. The van der Waals surface area contributed by atoms with E-state index in [2.05, 4.69) is 20.6 Å². The molecular formula is C15H17FN4O2S.